The average Bonchev–Trinajstić information content (AvgIpc) is 3.10. The second-order valence-corrected chi connectivity index (χ2v) is 7.67. The smallest absolute Gasteiger partial charge is 0.337 e. The molecule has 4 rings (SSSR count). The van der Waals surface area contributed by atoms with Gasteiger partial charge in [-0.25, -0.2) is 9.78 Å². The molecule has 0 radical (unpaired) electrons. The zero-order chi connectivity index (χ0) is 22.1. The van der Waals surface area contributed by atoms with Gasteiger partial charge in [0.05, 0.1) is 29.1 Å². The van der Waals surface area contributed by atoms with Gasteiger partial charge in [-0.3, -0.25) is 4.79 Å². The molecule has 2 N–H and O–H groups in total. The van der Waals surface area contributed by atoms with E-state index in [0.29, 0.717) is 0 Å². The number of carbonyl (C=O) groups excluding carboxylic acids is 1. The van der Waals surface area contributed by atoms with Crippen LogP contribution in [0.4, 0.5) is 5.69 Å². The summed E-state index contributed by atoms with van der Waals surface area (Å²) in [4.78, 5) is 29.3. The fourth-order valence-corrected chi connectivity index (χ4v) is 3.67. The van der Waals surface area contributed by atoms with Crippen LogP contribution in [-0.4, -0.2) is 26.4 Å². The van der Waals surface area contributed by atoms with Gasteiger partial charge in [0, 0.05) is 11.8 Å². The molecule has 0 aliphatic heterocycles. The Kier molecular flexibility index (Phi) is 5.29. The molecule has 0 fully saturated rings. The Morgan fingerprint density at radius 3 is 2.48 bits per heavy atom. The summed E-state index contributed by atoms with van der Waals surface area (Å²) in [6.07, 6.45) is 1.95. The molecule has 6 nitrogen and oxygen atoms in total. The van der Waals surface area contributed by atoms with Gasteiger partial charge in [0.1, 0.15) is 5.65 Å². The first kappa shape index (κ1) is 20.3. The number of rotatable bonds is 5. The first-order chi connectivity index (χ1) is 14.8. The van der Waals surface area contributed by atoms with Gasteiger partial charge in [0.15, 0.2) is 0 Å². The summed E-state index contributed by atoms with van der Waals surface area (Å²) >= 11 is 0. The normalized spacial score (nSPS) is 10.9. The van der Waals surface area contributed by atoms with Crippen LogP contribution in [-0.2, 0) is 11.2 Å². The Hall–Kier alpha value is -3.93. The Morgan fingerprint density at radius 2 is 1.74 bits per heavy atom. The number of aromatic carboxylic acids is 1. The molecule has 0 aliphatic carbocycles. The number of imidazole rings is 1. The van der Waals surface area contributed by atoms with Crippen molar-refractivity contribution in [2.75, 3.05) is 5.32 Å². The molecule has 0 unspecified atom stereocenters. The van der Waals surface area contributed by atoms with Gasteiger partial charge in [0.25, 0.3) is 0 Å². The largest absolute Gasteiger partial charge is 0.478 e. The van der Waals surface area contributed by atoms with Crippen LogP contribution in [0.2, 0.25) is 0 Å². The monoisotopic (exact) mass is 413 g/mol. The van der Waals surface area contributed by atoms with E-state index in [4.69, 9.17) is 4.98 Å². The first-order valence-corrected chi connectivity index (χ1v) is 10.0. The van der Waals surface area contributed by atoms with E-state index in [2.05, 4.69) is 31.3 Å². The fraction of sp³-hybridized carbons (Fsp3) is 0.160. The first-order valence-electron chi connectivity index (χ1n) is 10.0. The Labute approximate surface area is 180 Å². The second-order valence-electron chi connectivity index (χ2n) is 7.67. The van der Waals surface area contributed by atoms with E-state index in [1.165, 1.54) is 11.6 Å². The second kappa shape index (κ2) is 8.07. The maximum atomic E-state index is 12.9. The van der Waals surface area contributed by atoms with Gasteiger partial charge in [0.2, 0.25) is 5.91 Å². The quantitative estimate of drug-likeness (QED) is 0.492. The number of carboxylic acid groups (broad SMARTS) is 1. The predicted octanol–water partition coefficient (Wildman–Crippen LogP) is 4.81. The number of carboxylic acids is 1. The minimum Gasteiger partial charge on any atom is -0.478 e. The van der Waals surface area contributed by atoms with E-state index in [1.54, 1.807) is 18.2 Å². The summed E-state index contributed by atoms with van der Waals surface area (Å²) in [5.41, 5.74) is 6.92. The van der Waals surface area contributed by atoms with E-state index < -0.39 is 5.97 Å². The number of fused-ring (bicyclic) bond motifs is 1. The van der Waals surface area contributed by atoms with Crippen molar-refractivity contribution in [3.63, 3.8) is 0 Å². The summed E-state index contributed by atoms with van der Waals surface area (Å²) in [6, 6.07) is 16.4. The van der Waals surface area contributed by atoms with Crippen LogP contribution in [0.3, 0.4) is 0 Å². The van der Waals surface area contributed by atoms with Gasteiger partial charge in [-0.15, -0.1) is 0 Å². The number of aromatic nitrogens is 2. The van der Waals surface area contributed by atoms with E-state index in [-0.39, 0.29) is 23.6 Å². The molecular formula is C25H23N3O3. The Balaban J connectivity index is 1.76. The fourth-order valence-electron chi connectivity index (χ4n) is 3.67. The van der Waals surface area contributed by atoms with Gasteiger partial charge in [-0.1, -0.05) is 30.3 Å². The number of amides is 1. The predicted molar refractivity (Wildman–Crippen MR) is 121 cm³/mol. The standard InChI is InChI=1S/C25H23N3O3/c1-15-10-11-18(13-17(15)3)23-21(28-12-6-7-16(2)24(28)27-23)14-22(29)26-20-9-5-4-8-19(20)25(30)31/h4-13H,14H2,1-3H3,(H,26,29)(H,30,31). The van der Waals surface area contributed by atoms with Crippen LogP contribution < -0.4 is 5.32 Å². The van der Waals surface area contributed by atoms with Crippen molar-refractivity contribution in [3.8, 4) is 11.3 Å². The van der Waals surface area contributed by atoms with Crippen molar-refractivity contribution in [1.82, 2.24) is 9.38 Å². The minimum atomic E-state index is -1.09. The molecular weight excluding hydrogens is 390 g/mol. The van der Waals surface area contributed by atoms with Crippen molar-refractivity contribution in [2.45, 2.75) is 27.2 Å². The molecule has 2 aromatic carbocycles. The third kappa shape index (κ3) is 3.92. The molecule has 31 heavy (non-hydrogen) atoms. The lowest BCUT2D eigenvalue weighted by atomic mass is 10.0. The van der Waals surface area contributed by atoms with E-state index in [9.17, 15) is 14.7 Å². The molecule has 0 saturated heterocycles. The minimum absolute atomic E-state index is 0.0548. The molecule has 0 atom stereocenters. The van der Waals surface area contributed by atoms with Gasteiger partial charge >= 0.3 is 5.97 Å². The summed E-state index contributed by atoms with van der Waals surface area (Å²) < 4.78 is 1.93. The lowest BCUT2D eigenvalue weighted by Crippen LogP contribution is -2.18. The number of hydrogen-bond donors (Lipinski definition) is 2. The molecule has 0 aliphatic rings. The van der Waals surface area contributed by atoms with Crippen molar-refractivity contribution >= 4 is 23.2 Å². The summed E-state index contributed by atoms with van der Waals surface area (Å²) in [5.74, 6) is -1.39. The number of carbonyl (C=O) groups is 2. The molecule has 2 heterocycles. The third-order valence-electron chi connectivity index (χ3n) is 5.48. The molecule has 1 amide bonds. The van der Waals surface area contributed by atoms with Crippen LogP contribution in [0.5, 0.6) is 0 Å². The Morgan fingerprint density at radius 1 is 0.968 bits per heavy atom. The number of aryl methyl sites for hydroxylation is 3. The number of anilines is 1. The summed E-state index contributed by atoms with van der Waals surface area (Å²) in [5, 5.41) is 12.1. The molecule has 0 saturated carbocycles. The molecule has 0 bridgehead atoms. The molecule has 2 aromatic heterocycles. The van der Waals surface area contributed by atoms with Gasteiger partial charge in [-0.05, 0) is 61.7 Å². The number of benzene rings is 2. The number of para-hydroxylation sites is 1. The maximum absolute atomic E-state index is 12.9. The van der Waals surface area contributed by atoms with Crippen molar-refractivity contribution in [1.29, 1.82) is 0 Å². The number of hydrogen-bond acceptors (Lipinski definition) is 3. The van der Waals surface area contributed by atoms with Crippen LogP contribution in [0.15, 0.2) is 60.8 Å². The van der Waals surface area contributed by atoms with Crippen LogP contribution in [0.1, 0.15) is 32.7 Å². The zero-order valence-electron chi connectivity index (χ0n) is 17.6. The van der Waals surface area contributed by atoms with Crippen molar-refractivity contribution in [2.24, 2.45) is 0 Å². The van der Waals surface area contributed by atoms with Crippen molar-refractivity contribution in [3.05, 3.63) is 88.7 Å². The lowest BCUT2D eigenvalue weighted by molar-refractivity contribution is -0.115. The zero-order valence-corrected chi connectivity index (χ0v) is 17.6. The lowest BCUT2D eigenvalue weighted by Gasteiger charge is -2.10. The highest BCUT2D eigenvalue weighted by atomic mass is 16.4. The van der Waals surface area contributed by atoms with Gasteiger partial charge in [-0.2, -0.15) is 0 Å². The SMILES string of the molecule is Cc1ccc(-c2nc3c(C)cccn3c2CC(=O)Nc2ccccc2C(=O)O)cc1C. The highest BCUT2D eigenvalue weighted by Gasteiger charge is 2.19. The van der Waals surface area contributed by atoms with Crippen LogP contribution in [0.25, 0.3) is 16.9 Å². The van der Waals surface area contributed by atoms with Crippen LogP contribution in [0, 0.1) is 20.8 Å². The van der Waals surface area contributed by atoms with Crippen LogP contribution >= 0.6 is 0 Å². The highest BCUT2D eigenvalue weighted by molar-refractivity contribution is 6.01. The molecule has 4 aromatic rings. The summed E-state index contributed by atoms with van der Waals surface area (Å²) in [7, 11) is 0. The number of pyridine rings is 1. The highest BCUT2D eigenvalue weighted by Crippen LogP contribution is 2.28. The maximum Gasteiger partial charge on any atom is 0.337 e. The molecule has 0 spiro atoms. The van der Waals surface area contributed by atoms with Gasteiger partial charge < -0.3 is 14.8 Å². The Bertz CT molecular complexity index is 1320. The number of nitrogens with one attached hydrogen (secondary N) is 1. The molecule has 156 valence electrons. The molecule has 6 heteroatoms. The van der Waals surface area contributed by atoms with E-state index in [1.807, 2.05) is 35.7 Å². The van der Waals surface area contributed by atoms with E-state index >= 15 is 0 Å². The topological polar surface area (TPSA) is 83.7 Å². The third-order valence-corrected chi connectivity index (χ3v) is 5.48. The van der Waals surface area contributed by atoms with Crippen molar-refractivity contribution < 1.29 is 14.7 Å². The average molecular weight is 413 g/mol. The number of nitrogens with zero attached hydrogens (tertiary/aromatic N) is 2. The van der Waals surface area contributed by atoms with E-state index in [0.717, 1.165) is 33.7 Å². The summed E-state index contributed by atoms with van der Waals surface area (Å²) in [6.45, 7) is 6.09.